The molecule has 0 atom stereocenters. The van der Waals surface area contributed by atoms with Crippen molar-refractivity contribution in [3.05, 3.63) is 0 Å². The number of amides is 1. The molecule has 5 nitrogen and oxygen atoms in total. The molecule has 0 aliphatic heterocycles. The number of Topliss-reactive ketones (excluding diaryl/α,β-unsaturated/α-hetero) is 1. The van der Waals surface area contributed by atoms with Gasteiger partial charge in [0.2, 0.25) is 5.91 Å². The van der Waals surface area contributed by atoms with Crippen LogP contribution in [0.25, 0.3) is 0 Å². The molecule has 0 bridgehead atoms. The largest absolute Gasteiger partial charge is 0.377 e. The number of nitrogens with one attached hydrogen (secondary N) is 1. The molecular formula is C11H20INO4. The van der Waals surface area contributed by atoms with Gasteiger partial charge in [0.05, 0.1) is 24.2 Å². The second-order valence-corrected chi connectivity index (χ2v) is 4.53. The van der Waals surface area contributed by atoms with E-state index in [0.29, 0.717) is 30.8 Å². The summed E-state index contributed by atoms with van der Waals surface area (Å²) in [7, 11) is 0. The van der Waals surface area contributed by atoms with Gasteiger partial charge < -0.3 is 14.8 Å². The molecule has 0 heterocycles. The highest BCUT2D eigenvalue weighted by Crippen LogP contribution is 1.94. The molecule has 17 heavy (non-hydrogen) atoms. The summed E-state index contributed by atoms with van der Waals surface area (Å²) in [6.45, 7) is 5.64. The van der Waals surface area contributed by atoms with Gasteiger partial charge in [0.15, 0.2) is 5.78 Å². The molecule has 0 saturated heterocycles. The fraction of sp³-hybridized carbons (Fsp3) is 0.818. The van der Waals surface area contributed by atoms with Gasteiger partial charge in [-0.1, -0.05) is 36.4 Å². The summed E-state index contributed by atoms with van der Waals surface area (Å²) in [5.41, 5.74) is 0. The molecule has 0 rings (SSSR count). The molecular weight excluding hydrogens is 337 g/mol. The Kier molecular flexibility index (Phi) is 10.8. The maximum atomic E-state index is 11.2. The van der Waals surface area contributed by atoms with Crippen LogP contribution in [-0.2, 0) is 19.1 Å². The van der Waals surface area contributed by atoms with Gasteiger partial charge >= 0.3 is 0 Å². The Morgan fingerprint density at radius 3 is 2.41 bits per heavy atom. The summed E-state index contributed by atoms with van der Waals surface area (Å²) in [6.07, 6.45) is 0. The molecule has 1 amide bonds. The van der Waals surface area contributed by atoms with Gasteiger partial charge in [-0.15, -0.1) is 0 Å². The van der Waals surface area contributed by atoms with Crippen LogP contribution >= 0.6 is 22.6 Å². The average Bonchev–Trinajstić information content (AvgIpc) is 2.31. The number of hydrogen-bond acceptors (Lipinski definition) is 4. The van der Waals surface area contributed by atoms with Crippen molar-refractivity contribution in [3.63, 3.8) is 0 Å². The van der Waals surface area contributed by atoms with Gasteiger partial charge in [-0.3, -0.25) is 9.59 Å². The summed E-state index contributed by atoms with van der Waals surface area (Å²) >= 11 is 2.00. The number of halogens is 1. The summed E-state index contributed by atoms with van der Waals surface area (Å²) in [5.74, 6) is 0.117. The van der Waals surface area contributed by atoms with Gasteiger partial charge in [0, 0.05) is 12.5 Å². The van der Waals surface area contributed by atoms with Crippen LogP contribution in [0.2, 0.25) is 0 Å². The Bertz CT molecular complexity index is 234. The number of ketones is 1. The molecule has 0 saturated carbocycles. The number of alkyl halides is 1. The fourth-order valence-corrected chi connectivity index (χ4v) is 1.14. The summed E-state index contributed by atoms with van der Waals surface area (Å²) < 4.78 is 10.8. The predicted octanol–water partition coefficient (Wildman–Crippen LogP) is 0.796. The highest BCUT2D eigenvalue weighted by atomic mass is 127. The Morgan fingerprint density at radius 1 is 1.18 bits per heavy atom. The summed E-state index contributed by atoms with van der Waals surface area (Å²) in [5, 5.41) is 2.69. The molecule has 0 aromatic rings. The highest BCUT2D eigenvalue weighted by Gasteiger charge is 2.06. The molecule has 0 unspecified atom stereocenters. The van der Waals surface area contributed by atoms with Gasteiger partial charge in [-0.05, 0) is 0 Å². The van der Waals surface area contributed by atoms with Gasteiger partial charge in [0.25, 0.3) is 0 Å². The third-order valence-corrected chi connectivity index (χ3v) is 2.64. The Labute approximate surface area is 116 Å². The van der Waals surface area contributed by atoms with Crippen LogP contribution in [0, 0.1) is 5.92 Å². The average molecular weight is 357 g/mol. The van der Waals surface area contributed by atoms with Crippen LogP contribution in [0.1, 0.15) is 13.8 Å². The molecule has 0 aromatic carbocycles. The predicted molar refractivity (Wildman–Crippen MR) is 73.4 cm³/mol. The quantitative estimate of drug-likeness (QED) is 0.357. The molecule has 0 radical (unpaired) electrons. The van der Waals surface area contributed by atoms with E-state index < -0.39 is 0 Å². The molecule has 1 N–H and O–H groups in total. The lowest BCUT2D eigenvalue weighted by Crippen LogP contribution is -2.28. The minimum Gasteiger partial charge on any atom is -0.377 e. The van der Waals surface area contributed by atoms with E-state index in [2.05, 4.69) is 5.32 Å². The Morgan fingerprint density at radius 2 is 1.82 bits per heavy atom. The zero-order valence-corrected chi connectivity index (χ0v) is 12.5. The molecule has 0 spiro atoms. The zero-order valence-electron chi connectivity index (χ0n) is 10.3. The molecule has 100 valence electrons. The first-order chi connectivity index (χ1) is 8.07. The maximum absolute atomic E-state index is 11.2. The lowest BCUT2D eigenvalue weighted by atomic mass is 10.1. The van der Waals surface area contributed by atoms with E-state index in [0.717, 1.165) is 0 Å². The highest BCUT2D eigenvalue weighted by molar-refractivity contribution is 14.1. The lowest BCUT2D eigenvalue weighted by Gasteiger charge is -2.07. The van der Waals surface area contributed by atoms with Crippen LogP contribution in [0.3, 0.4) is 0 Å². The number of hydrogen-bond donors (Lipinski definition) is 1. The first-order valence-electron chi connectivity index (χ1n) is 5.58. The van der Waals surface area contributed by atoms with E-state index in [-0.39, 0.29) is 24.2 Å². The van der Waals surface area contributed by atoms with E-state index in [1.54, 1.807) is 0 Å². The van der Waals surface area contributed by atoms with Crippen molar-refractivity contribution in [1.29, 1.82) is 0 Å². The smallest absolute Gasteiger partial charge is 0.229 e. The van der Waals surface area contributed by atoms with Crippen LogP contribution < -0.4 is 5.32 Å². The van der Waals surface area contributed by atoms with Crippen molar-refractivity contribution in [1.82, 2.24) is 5.32 Å². The van der Waals surface area contributed by atoms with Gasteiger partial charge in [-0.2, -0.15) is 0 Å². The number of carbonyl (C=O) groups excluding carboxylic acids is 2. The monoisotopic (exact) mass is 357 g/mol. The fourth-order valence-electron chi connectivity index (χ4n) is 0.869. The van der Waals surface area contributed by atoms with Crippen LogP contribution in [0.4, 0.5) is 0 Å². The maximum Gasteiger partial charge on any atom is 0.229 e. The Hall–Kier alpha value is -0.210. The second kappa shape index (κ2) is 10.9. The second-order valence-electron chi connectivity index (χ2n) is 3.77. The normalized spacial score (nSPS) is 10.6. The standard InChI is InChI=1S/C11H20INO4/c1-9(2)10(14)8-17-6-5-16-4-3-13-11(15)7-12/h9H,3-8H2,1-2H3,(H,13,15). The minimum atomic E-state index is 0.00739. The van der Waals surface area contributed by atoms with E-state index in [9.17, 15) is 9.59 Å². The number of rotatable bonds is 10. The zero-order chi connectivity index (χ0) is 13.1. The summed E-state index contributed by atoms with van der Waals surface area (Å²) in [6, 6.07) is 0. The van der Waals surface area contributed by atoms with E-state index in [1.165, 1.54) is 0 Å². The molecule has 0 fully saturated rings. The molecule has 6 heteroatoms. The van der Waals surface area contributed by atoms with Crippen molar-refractivity contribution < 1.29 is 19.1 Å². The minimum absolute atomic E-state index is 0.00739. The Balaban J connectivity index is 3.19. The van der Waals surface area contributed by atoms with Crippen LogP contribution in [-0.4, -0.2) is 49.1 Å². The third kappa shape index (κ3) is 10.7. The van der Waals surface area contributed by atoms with Crippen molar-refractivity contribution in [2.45, 2.75) is 13.8 Å². The van der Waals surface area contributed by atoms with Crippen molar-refractivity contribution in [2.75, 3.05) is 37.4 Å². The number of ether oxygens (including phenoxy) is 2. The van der Waals surface area contributed by atoms with Crippen LogP contribution in [0.15, 0.2) is 0 Å². The lowest BCUT2D eigenvalue weighted by molar-refractivity contribution is -0.127. The van der Waals surface area contributed by atoms with Gasteiger partial charge in [-0.25, -0.2) is 0 Å². The molecule has 0 aromatic heterocycles. The van der Waals surface area contributed by atoms with E-state index in [1.807, 2.05) is 36.4 Å². The van der Waals surface area contributed by atoms with E-state index >= 15 is 0 Å². The van der Waals surface area contributed by atoms with Crippen molar-refractivity contribution in [3.8, 4) is 0 Å². The number of carbonyl (C=O) groups is 2. The van der Waals surface area contributed by atoms with Gasteiger partial charge in [0.1, 0.15) is 6.61 Å². The van der Waals surface area contributed by atoms with Crippen LogP contribution in [0.5, 0.6) is 0 Å². The molecule has 0 aliphatic rings. The third-order valence-electron chi connectivity index (χ3n) is 1.95. The summed E-state index contributed by atoms with van der Waals surface area (Å²) in [4.78, 5) is 22.0. The van der Waals surface area contributed by atoms with Crippen molar-refractivity contribution in [2.24, 2.45) is 5.92 Å². The van der Waals surface area contributed by atoms with E-state index in [4.69, 9.17) is 9.47 Å². The molecule has 0 aliphatic carbocycles. The topological polar surface area (TPSA) is 64.6 Å². The van der Waals surface area contributed by atoms with Crippen molar-refractivity contribution >= 4 is 34.3 Å². The SMILES string of the molecule is CC(C)C(=O)COCCOCCNC(=O)CI. The first kappa shape index (κ1) is 16.8. The first-order valence-corrected chi connectivity index (χ1v) is 7.11.